The van der Waals surface area contributed by atoms with Crippen LogP contribution in [0.15, 0.2) is 41.6 Å². The zero-order valence-corrected chi connectivity index (χ0v) is 13.6. The van der Waals surface area contributed by atoms with Crippen LogP contribution in [0.1, 0.15) is 10.4 Å². The Balaban J connectivity index is 1.95. The molecule has 0 bridgehead atoms. The fraction of sp³-hybridized carbons (Fsp3) is 0.133. The smallest absolute Gasteiger partial charge is 0.341 e. The van der Waals surface area contributed by atoms with Gasteiger partial charge in [-0.2, -0.15) is 0 Å². The first kappa shape index (κ1) is 17.2. The van der Waals surface area contributed by atoms with Crippen LogP contribution in [-0.4, -0.2) is 29.7 Å². The highest BCUT2D eigenvalue weighted by molar-refractivity contribution is 7.98. The predicted octanol–water partition coefficient (Wildman–Crippen LogP) is 3.39. The summed E-state index contributed by atoms with van der Waals surface area (Å²) in [6.45, 7) is -0.538. The van der Waals surface area contributed by atoms with Crippen molar-refractivity contribution < 1.29 is 18.7 Å². The number of ether oxygens (including phenoxy) is 1. The van der Waals surface area contributed by atoms with Crippen molar-refractivity contribution in [3.05, 3.63) is 52.9 Å². The first-order valence-electron chi connectivity index (χ1n) is 6.42. The Morgan fingerprint density at radius 3 is 2.87 bits per heavy atom. The molecule has 23 heavy (non-hydrogen) atoms. The number of benzene rings is 1. The van der Waals surface area contributed by atoms with Crippen molar-refractivity contribution in [2.75, 3.05) is 18.2 Å². The largest absolute Gasteiger partial charge is 0.452 e. The van der Waals surface area contributed by atoms with Gasteiger partial charge in [0.05, 0.1) is 11.3 Å². The number of anilines is 1. The molecule has 0 unspecified atom stereocenters. The number of amides is 1. The summed E-state index contributed by atoms with van der Waals surface area (Å²) >= 11 is 6.91. The standard InChI is InChI=1S/C15H12ClFN2O3S/c1-23-14-10(3-2-6-18-14)15(21)22-8-13(20)19-12-5-4-9(16)7-11(12)17/h2-7H,8H2,1H3,(H,19,20). The number of nitrogens with zero attached hydrogens (tertiary/aromatic N) is 1. The van der Waals surface area contributed by atoms with Crippen LogP contribution in [0.25, 0.3) is 0 Å². The minimum absolute atomic E-state index is 0.0402. The second kappa shape index (κ2) is 7.94. The maximum atomic E-state index is 13.6. The highest BCUT2D eigenvalue weighted by Gasteiger charge is 2.15. The number of aromatic nitrogens is 1. The average molecular weight is 355 g/mol. The summed E-state index contributed by atoms with van der Waals surface area (Å²) in [6, 6.07) is 6.98. The van der Waals surface area contributed by atoms with E-state index in [1.807, 2.05) is 0 Å². The summed E-state index contributed by atoms with van der Waals surface area (Å²) in [4.78, 5) is 27.7. The van der Waals surface area contributed by atoms with Gasteiger partial charge in [-0.1, -0.05) is 11.6 Å². The topological polar surface area (TPSA) is 68.3 Å². The van der Waals surface area contributed by atoms with Crippen molar-refractivity contribution in [1.82, 2.24) is 4.98 Å². The number of rotatable bonds is 5. The van der Waals surface area contributed by atoms with Gasteiger partial charge in [0.1, 0.15) is 10.8 Å². The SMILES string of the molecule is CSc1ncccc1C(=O)OCC(=O)Nc1ccc(Cl)cc1F. The molecular formula is C15H12ClFN2O3S. The highest BCUT2D eigenvalue weighted by atomic mass is 35.5. The summed E-state index contributed by atoms with van der Waals surface area (Å²) in [5.41, 5.74) is 0.229. The molecule has 1 amide bonds. The molecule has 120 valence electrons. The fourth-order valence-corrected chi connectivity index (χ4v) is 2.39. The van der Waals surface area contributed by atoms with Gasteiger partial charge in [0.15, 0.2) is 6.61 Å². The molecule has 0 radical (unpaired) electrons. The van der Waals surface area contributed by atoms with Crippen LogP contribution in [0, 0.1) is 5.82 Å². The molecule has 1 aromatic carbocycles. The maximum absolute atomic E-state index is 13.6. The second-order valence-corrected chi connectivity index (χ2v) is 5.54. The molecule has 8 heteroatoms. The fourth-order valence-electron chi connectivity index (χ4n) is 1.69. The number of pyridine rings is 1. The van der Waals surface area contributed by atoms with Crippen LogP contribution < -0.4 is 5.32 Å². The summed E-state index contributed by atoms with van der Waals surface area (Å²) in [5.74, 6) is -2.00. The normalized spacial score (nSPS) is 10.2. The van der Waals surface area contributed by atoms with Gasteiger partial charge >= 0.3 is 5.97 Å². The summed E-state index contributed by atoms with van der Waals surface area (Å²) < 4.78 is 18.5. The maximum Gasteiger partial charge on any atom is 0.341 e. The molecule has 2 rings (SSSR count). The summed E-state index contributed by atoms with van der Waals surface area (Å²) in [6.07, 6.45) is 3.33. The van der Waals surface area contributed by atoms with Gasteiger partial charge in [-0.05, 0) is 36.6 Å². The number of nitrogens with one attached hydrogen (secondary N) is 1. The van der Waals surface area contributed by atoms with Gasteiger partial charge in [-0.3, -0.25) is 4.79 Å². The lowest BCUT2D eigenvalue weighted by atomic mass is 10.3. The van der Waals surface area contributed by atoms with Crippen LogP contribution in [0.4, 0.5) is 10.1 Å². The lowest BCUT2D eigenvalue weighted by molar-refractivity contribution is -0.119. The molecule has 1 heterocycles. The third-order valence-corrected chi connectivity index (χ3v) is 3.67. The van der Waals surface area contributed by atoms with Crippen LogP contribution in [0.3, 0.4) is 0 Å². The molecule has 5 nitrogen and oxygen atoms in total. The van der Waals surface area contributed by atoms with E-state index in [-0.39, 0.29) is 16.3 Å². The van der Waals surface area contributed by atoms with Crippen LogP contribution in [0.5, 0.6) is 0 Å². The summed E-state index contributed by atoms with van der Waals surface area (Å²) in [7, 11) is 0. The number of hydrogen-bond acceptors (Lipinski definition) is 5. The number of hydrogen-bond donors (Lipinski definition) is 1. The molecule has 0 spiro atoms. The van der Waals surface area contributed by atoms with Gasteiger partial charge in [0.25, 0.3) is 5.91 Å². The summed E-state index contributed by atoms with van der Waals surface area (Å²) in [5, 5.41) is 3.02. The van der Waals surface area contributed by atoms with E-state index in [1.54, 1.807) is 24.6 Å². The molecule has 1 aromatic heterocycles. The first-order chi connectivity index (χ1) is 11.0. The van der Waals surface area contributed by atoms with Gasteiger partial charge in [0.2, 0.25) is 0 Å². The van der Waals surface area contributed by atoms with E-state index < -0.39 is 24.3 Å². The number of carbonyl (C=O) groups is 2. The van der Waals surface area contributed by atoms with Crippen molar-refractivity contribution in [2.24, 2.45) is 0 Å². The molecule has 0 atom stereocenters. The Hall–Kier alpha value is -2.12. The zero-order chi connectivity index (χ0) is 16.8. The lowest BCUT2D eigenvalue weighted by Crippen LogP contribution is -2.21. The van der Waals surface area contributed by atoms with Crippen molar-refractivity contribution in [1.29, 1.82) is 0 Å². The van der Waals surface area contributed by atoms with E-state index in [4.69, 9.17) is 16.3 Å². The molecule has 0 aliphatic heterocycles. The molecule has 0 aliphatic carbocycles. The molecule has 0 saturated heterocycles. The van der Waals surface area contributed by atoms with Gasteiger partial charge in [-0.25, -0.2) is 14.2 Å². The van der Waals surface area contributed by atoms with E-state index in [1.165, 1.54) is 23.9 Å². The van der Waals surface area contributed by atoms with Crippen molar-refractivity contribution >= 4 is 40.9 Å². The van der Waals surface area contributed by atoms with Gasteiger partial charge in [0, 0.05) is 11.2 Å². The number of carbonyl (C=O) groups excluding carboxylic acids is 2. The first-order valence-corrected chi connectivity index (χ1v) is 8.02. The van der Waals surface area contributed by atoms with E-state index >= 15 is 0 Å². The Bertz CT molecular complexity index is 742. The predicted molar refractivity (Wildman–Crippen MR) is 86.3 cm³/mol. The van der Waals surface area contributed by atoms with E-state index in [2.05, 4.69) is 10.3 Å². The monoisotopic (exact) mass is 354 g/mol. The quantitative estimate of drug-likeness (QED) is 0.658. The van der Waals surface area contributed by atoms with Crippen molar-refractivity contribution in [2.45, 2.75) is 5.03 Å². The van der Waals surface area contributed by atoms with Crippen molar-refractivity contribution in [3.63, 3.8) is 0 Å². The Kier molecular flexibility index (Phi) is 5.95. The molecule has 2 aromatic rings. The van der Waals surface area contributed by atoms with Crippen molar-refractivity contribution in [3.8, 4) is 0 Å². The van der Waals surface area contributed by atoms with E-state index in [0.29, 0.717) is 5.03 Å². The molecular weight excluding hydrogens is 343 g/mol. The minimum Gasteiger partial charge on any atom is -0.452 e. The average Bonchev–Trinajstić information content (AvgIpc) is 2.55. The van der Waals surface area contributed by atoms with E-state index in [0.717, 1.165) is 6.07 Å². The molecule has 0 fully saturated rings. The Morgan fingerprint density at radius 1 is 1.39 bits per heavy atom. The van der Waals surface area contributed by atoms with Crippen LogP contribution in [-0.2, 0) is 9.53 Å². The highest BCUT2D eigenvalue weighted by Crippen LogP contribution is 2.19. The molecule has 0 saturated carbocycles. The van der Waals surface area contributed by atoms with Gasteiger partial charge in [-0.15, -0.1) is 11.8 Å². The Morgan fingerprint density at radius 2 is 2.17 bits per heavy atom. The number of thioether (sulfide) groups is 1. The number of esters is 1. The number of halogens is 2. The molecule has 0 aliphatic rings. The Labute approximate surface area is 141 Å². The van der Waals surface area contributed by atoms with E-state index in [9.17, 15) is 14.0 Å². The van der Waals surface area contributed by atoms with Crippen LogP contribution in [0.2, 0.25) is 5.02 Å². The lowest BCUT2D eigenvalue weighted by Gasteiger charge is -2.08. The third-order valence-electron chi connectivity index (χ3n) is 2.72. The van der Waals surface area contributed by atoms with Crippen LogP contribution >= 0.6 is 23.4 Å². The van der Waals surface area contributed by atoms with Gasteiger partial charge < -0.3 is 10.1 Å². The minimum atomic E-state index is -0.672. The second-order valence-electron chi connectivity index (χ2n) is 4.31. The third kappa shape index (κ3) is 4.67. The molecule has 1 N–H and O–H groups in total. The zero-order valence-electron chi connectivity index (χ0n) is 12.0.